The molecule has 1 fully saturated rings. The van der Waals surface area contributed by atoms with Crippen LogP contribution in [0.25, 0.3) is 0 Å². The van der Waals surface area contributed by atoms with E-state index in [9.17, 15) is 9.90 Å². The Balaban J connectivity index is 1.51. The van der Waals surface area contributed by atoms with Gasteiger partial charge < -0.3 is 24.6 Å². The summed E-state index contributed by atoms with van der Waals surface area (Å²) in [7, 11) is 0. The Morgan fingerprint density at radius 3 is 1.59 bits per heavy atom. The van der Waals surface area contributed by atoms with Crippen molar-refractivity contribution in [2.45, 2.75) is 63.6 Å². The molecule has 44 heavy (non-hydrogen) atoms. The molecule has 0 bridgehead atoms. The molecule has 0 unspecified atom stereocenters. The van der Waals surface area contributed by atoms with Crippen molar-refractivity contribution in [3.63, 3.8) is 0 Å². The van der Waals surface area contributed by atoms with E-state index in [-0.39, 0.29) is 18.6 Å². The highest BCUT2D eigenvalue weighted by molar-refractivity contribution is 5.73. The van der Waals surface area contributed by atoms with Crippen molar-refractivity contribution in [3.05, 3.63) is 144 Å². The molecule has 230 valence electrons. The molecule has 0 aromatic heterocycles. The van der Waals surface area contributed by atoms with Gasteiger partial charge in [-0.3, -0.25) is 9.69 Å². The van der Waals surface area contributed by atoms with Crippen LogP contribution < -0.4 is 5.32 Å². The van der Waals surface area contributed by atoms with E-state index in [1.165, 1.54) is 6.92 Å². The number of aliphatic hydroxyl groups is 1. The molecule has 0 radical (unpaired) electrons. The summed E-state index contributed by atoms with van der Waals surface area (Å²) in [5, 5.41) is 14.0. The predicted molar refractivity (Wildman–Crippen MR) is 170 cm³/mol. The zero-order valence-electron chi connectivity index (χ0n) is 25.2. The van der Waals surface area contributed by atoms with E-state index in [0.29, 0.717) is 33.0 Å². The molecular formula is C37H42N2O5. The lowest BCUT2D eigenvalue weighted by Crippen LogP contribution is -2.72. The highest BCUT2D eigenvalue weighted by Gasteiger charge is 2.51. The number of nitrogens with zero attached hydrogens (tertiary/aromatic N) is 1. The normalized spacial score (nSPS) is 22.0. The predicted octanol–water partition coefficient (Wildman–Crippen LogP) is 5.12. The summed E-state index contributed by atoms with van der Waals surface area (Å²) in [6.07, 6.45) is -1.05. The Bertz CT molecular complexity index is 1390. The fourth-order valence-corrected chi connectivity index (χ4v) is 5.94. The van der Waals surface area contributed by atoms with Crippen LogP contribution in [0, 0.1) is 0 Å². The van der Waals surface area contributed by atoms with Crippen molar-refractivity contribution in [1.82, 2.24) is 10.2 Å². The van der Waals surface area contributed by atoms with Crippen LogP contribution in [-0.4, -0.2) is 59.5 Å². The Kier molecular flexibility index (Phi) is 11.7. The molecule has 1 amide bonds. The van der Waals surface area contributed by atoms with E-state index in [1.54, 1.807) is 0 Å². The van der Waals surface area contributed by atoms with Gasteiger partial charge in [0.1, 0.15) is 12.2 Å². The number of hydrogen-bond acceptors (Lipinski definition) is 6. The lowest BCUT2D eigenvalue weighted by atomic mass is 9.85. The number of nitrogens with one attached hydrogen (secondary N) is 1. The zero-order valence-corrected chi connectivity index (χ0v) is 25.2. The summed E-state index contributed by atoms with van der Waals surface area (Å²) in [5.74, 6) is -0.193. The summed E-state index contributed by atoms with van der Waals surface area (Å²) in [6, 6.07) is 39.0. The number of benzene rings is 4. The van der Waals surface area contributed by atoms with Crippen molar-refractivity contribution in [2.75, 3.05) is 13.2 Å². The molecule has 1 aliphatic heterocycles. The van der Waals surface area contributed by atoms with E-state index in [0.717, 1.165) is 22.3 Å². The minimum atomic E-state index is -0.558. The lowest BCUT2D eigenvalue weighted by Gasteiger charge is -2.53. The average Bonchev–Trinajstić information content (AvgIpc) is 3.06. The topological polar surface area (TPSA) is 80.3 Å². The maximum absolute atomic E-state index is 12.6. The van der Waals surface area contributed by atoms with Crippen LogP contribution in [0.3, 0.4) is 0 Å². The van der Waals surface area contributed by atoms with Gasteiger partial charge in [-0.25, -0.2) is 0 Å². The van der Waals surface area contributed by atoms with Gasteiger partial charge in [0, 0.05) is 13.5 Å². The first-order chi connectivity index (χ1) is 21.6. The van der Waals surface area contributed by atoms with Crippen molar-refractivity contribution >= 4 is 5.91 Å². The molecule has 0 saturated carbocycles. The number of rotatable bonds is 14. The minimum absolute atomic E-state index is 0.177. The fourth-order valence-electron chi connectivity index (χ4n) is 5.94. The van der Waals surface area contributed by atoms with Crippen molar-refractivity contribution in [3.8, 4) is 0 Å². The Hall–Kier alpha value is -3.85. The number of ether oxygens (including phenoxy) is 3. The summed E-state index contributed by atoms with van der Waals surface area (Å²) in [5.41, 5.74) is 4.21. The van der Waals surface area contributed by atoms with Gasteiger partial charge in [0.2, 0.25) is 5.91 Å². The number of carbonyl (C=O) groups is 1. The van der Waals surface area contributed by atoms with Gasteiger partial charge in [-0.15, -0.1) is 0 Å². The Morgan fingerprint density at radius 1 is 0.659 bits per heavy atom. The van der Waals surface area contributed by atoms with Crippen molar-refractivity contribution < 1.29 is 24.1 Å². The molecule has 4 aromatic carbocycles. The first kappa shape index (κ1) is 31.6. The molecule has 2 N–H and O–H groups in total. The monoisotopic (exact) mass is 594 g/mol. The van der Waals surface area contributed by atoms with Gasteiger partial charge in [0.15, 0.2) is 0 Å². The maximum Gasteiger partial charge on any atom is 0.217 e. The highest BCUT2D eigenvalue weighted by Crippen LogP contribution is 2.32. The lowest BCUT2D eigenvalue weighted by molar-refractivity contribution is -0.191. The first-order valence-corrected chi connectivity index (χ1v) is 15.2. The van der Waals surface area contributed by atoms with Crippen LogP contribution in [0.5, 0.6) is 0 Å². The van der Waals surface area contributed by atoms with Crippen LogP contribution in [0.1, 0.15) is 29.2 Å². The van der Waals surface area contributed by atoms with E-state index >= 15 is 0 Å². The molecule has 5 atom stereocenters. The van der Waals surface area contributed by atoms with Crippen molar-refractivity contribution in [2.24, 2.45) is 0 Å². The number of likely N-dealkylation sites (tertiary alicyclic amines) is 1. The third-order valence-electron chi connectivity index (χ3n) is 8.06. The third kappa shape index (κ3) is 8.62. The smallest absolute Gasteiger partial charge is 0.217 e. The number of hydrogen-bond donors (Lipinski definition) is 2. The largest absolute Gasteiger partial charge is 0.395 e. The molecule has 1 heterocycles. The van der Waals surface area contributed by atoms with Gasteiger partial charge in [0.25, 0.3) is 0 Å². The summed E-state index contributed by atoms with van der Waals surface area (Å²) < 4.78 is 19.8. The van der Waals surface area contributed by atoms with Crippen molar-refractivity contribution in [1.29, 1.82) is 0 Å². The van der Waals surface area contributed by atoms with Crippen LogP contribution in [0.15, 0.2) is 121 Å². The zero-order chi connectivity index (χ0) is 30.6. The molecule has 0 spiro atoms. The van der Waals surface area contributed by atoms with Crippen LogP contribution >= 0.6 is 0 Å². The second-order valence-electron chi connectivity index (χ2n) is 11.2. The van der Waals surface area contributed by atoms with Crippen LogP contribution in [-0.2, 0) is 45.4 Å². The summed E-state index contributed by atoms with van der Waals surface area (Å²) in [6.45, 7) is 3.34. The van der Waals surface area contributed by atoms with E-state index in [1.807, 2.05) is 109 Å². The second kappa shape index (κ2) is 16.3. The van der Waals surface area contributed by atoms with E-state index in [4.69, 9.17) is 14.2 Å². The number of aliphatic hydroxyl groups excluding tert-OH is 1. The molecule has 7 nitrogen and oxygen atoms in total. The van der Waals surface area contributed by atoms with E-state index < -0.39 is 24.3 Å². The van der Waals surface area contributed by atoms with Gasteiger partial charge in [0.05, 0.1) is 51.2 Å². The quantitative estimate of drug-likeness (QED) is 0.211. The van der Waals surface area contributed by atoms with Gasteiger partial charge in [-0.05, 0) is 22.3 Å². The van der Waals surface area contributed by atoms with Gasteiger partial charge >= 0.3 is 0 Å². The molecular weight excluding hydrogens is 552 g/mol. The molecule has 5 rings (SSSR count). The highest BCUT2D eigenvalue weighted by atomic mass is 16.5. The van der Waals surface area contributed by atoms with Crippen LogP contribution in [0.2, 0.25) is 0 Å². The SMILES string of the molecule is CC(=O)N[C@@H]1[C@@H](OCc2ccccc2)[C@H](OCc2ccccc2)[C@@H](COCc2ccccc2)N(Cc2ccccc2)[C@@H]1CO. The molecule has 4 aromatic rings. The number of piperidine rings is 1. The summed E-state index contributed by atoms with van der Waals surface area (Å²) >= 11 is 0. The molecule has 7 heteroatoms. The first-order valence-electron chi connectivity index (χ1n) is 15.2. The minimum Gasteiger partial charge on any atom is -0.395 e. The average molecular weight is 595 g/mol. The molecule has 0 aliphatic carbocycles. The fraction of sp³-hybridized carbons (Fsp3) is 0.324. The number of carbonyl (C=O) groups excluding carboxylic acids is 1. The van der Waals surface area contributed by atoms with Crippen LogP contribution in [0.4, 0.5) is 0 Å². The summed E-state index contributed by atoms with van der Waals surface area (Å²) in [4.78, 5) is 14.8. The number of amides is 1. The maximum atomic E-state index is 12.6. The standard InChI is InChI=1S/C37H42N2O5/c1-28(41)38-35-33(23-40)39(22-29-14-6-2-7-15-29)34(27-42-24-30-16-8-3-9-17-30)36(43-25-31-18-10-4-11-19-31)37(35)44-26-32-20-12-5-13-21-32/h2-21,33-37,40H,22-27H2,1H3,(H,38,41)/t33-,34-,35+,36-,37-/m1/s1. The van der Waals surface area contributed by atoms with Gasteiger partial charge in [-0.1, -0.05) is 121 Å². The third-order valence-corrected chi connectivity index (χ3v) is 8.06. The van der Waals surface area contributed by atoms with E-state index in [2.05, 4.69) is 22.3 Å². The Morgan fingerprint density at radius 2 is 1.11 bits per heavy atom. The molecule has 1 saturated heterocycles. The van der Waals surface area contributed by atoms with Gasteiger partial charge in [-0.2, -0.15) is 0 Å². The molecule has 1 aliphatic rings. The second-order valence-corrected chi connectivity index (χ2v) is 11.2. The Labute approximate surface area is 260 Å².